The van der Waals surface area contributed by atoms with Crippen molar-refractivity contribution < 1.29 is 19.2 Å². The van der Waals surface area contributed by atoms with Crippen LogP contribution < -0.4 is 0 Å². The zero-order chi connectivity index (χ0) is 23.8. The average molecular weight is 447 g/mol. The van der Waals surface area contributed by atoms with Crippen LogP contribution in [0.3, 0.4) is 0 Å². The first-order valence-electron chi connectivity index (χ1n) is 10.9. The topological polar surface area (TPSA) is 98.9 Å². The number of Topliss-reactive ketones (excluding diaryl/α,β-unsaturated/α-hetero) is 1. The minimum atomic E-state index is -0.918. The van der Waals surface area contributed by atoms with E-state index >= 15 is 0 Å². The van der Waals surface area contributed by atoms with Crippen molar-refractivity contribution in [1.82, 2.24) is 0 Å². The van der Waals surface area contributed by atoms with E-state index in [9.17, 15) is 19.7 Å². The molecule has 0 N–H and O–H groups in total. The molecule has 0 saturated carbocycles. The van der Waals surface area contributed by atoms with Crippen molar-refractivity contribution in [2.75, 3.05) is 0 Å². The molecule has 33 heavy (non-hydrogen) atoms. The highest BCUT2D eigenvalue weighted by Crippen LogP contribution is 2.49. The molecule has 170 valence electrons. The Morgan fingerprint density at radius 1 is 1.12 bits per heavy atom. The molecule has 1 heterocycles. The molecule has 0 aromatic heterocycles. The third-order valence-electron chi connectivity index (χ3n) is 6.25. The smallest absolute Gasteiger partial charge is 0.315 e. The summed E-state index contributed by atoms with van der Waals surface area (Å²) in [5.74, 6) is -2.40. The number of hydrogen-bond acceptors (Lipinski definition) is 6. The molecular formula is C26H26N2O5. The van der Waals surface area contributed by atoms with Crippen molar-refractivity contribution in [2.45, 2.75) is 46.1 Å². The van der Waals surface area contributed by atoms with E-state index in [0.717, 1.165) is 5.56 Å². The van der Waals surface area contributed by atoms with Crippen LogP contribution >= 0.6 is 0 Å². The van der Waals surface area contributed by atoms with E-state index in [0.29, 0.717) is 35.4 Å². The van der Waals surface area contributed by atoms with Crippen molar-refractivity contribution in [3.63, 3.8) is 0 Å². The first kappa shape index (κ1) is 22.6. The van der Waals surface area contributed by atoms with E-state index in [2.05, 4.69) is 4.99 Å². The lowest BCUT2D eigenvalue weighted by Gasteiger charge is -2.38. The molecule has 2 aromatic rings. The second-order valence-corrected chi connectivity index (χ2v) is 9.42. The van der Waals surface area contributed by atoms with Gasteiger partial charge >= 0.3 is 5.97 Å². The fourth-order valence-electron chi connectivity index (χ4n) is 4.82. The van der Waals surface area contributed by atoms with Gasteiger partial charge in [0, 0.05) is 41.0 Å². The first-order chi connectivity index (χ1) is 15.7. The van der Waals surface area contributed by atoms with Gasteiger partial charge < -0.3 is 4.74 Å². The number of hydrogen-bond donors (Lipinski definition) is 0. The lowest BCUT2D eigenvalue weighted by molar-refractivity contribution is -0.385. The van der Waals surface area contributed by atoms with Crippen LogP contribution in [0, 0.1) is 21.4 Å². The number of esters is 1. The Kier molecular flexibility index (Phi) is 5.97. The standard InChI is InChI=1S/C26H26N2O5/c1-16-22(25(30)33-15-17-9-5-4-6-10-17)23(18-11-7-8-12-20(18)28(31)32)24-19(27-16)13-26(2,3)14-21(24)29/h4-12,22-23H,13-15H2,1-3H3/t22?,23-/m0/s1. The maximum Gasteiger partial charge on any atom is 0.315 e. The lowest BCUT2D eigenvalue weighted by Crippen LogP contribution is -2.39. The molecule has 0 radical (unpaired) electrons. The van der Waals surface area contributed by atoms with E-state index < -0.39 is 22.7 Å². The summed E-state index contributed by atoms with van der Waals surface area (Å²) < 4.78 is 5.62. The van der Waals surface area contributed by atoms with Gasteiger partial charge in [-0.3, -0.25) is 24.7 Å². The molecule has 4 rings (SSSR count). The van der Waals surface area contributed by atoms with Gasteiger partial charge in [0.2, 0.25) is 0 Å². The van der Waals surface area contributed by atoms with Crippen molar-refractivity contribution in [2.24, 2.45) is 16.3 Å². The molecule has 7 heteroatoms. The second kappa shape index (κ2) is 8.73. The molecule has 0 fully saturated rings. The van der Waals surface area contributed by atoms with Crippen LogP contribution in [0.5, 0.6) is 0 Å². The second-order valence-electron chi connectivity index (χ2n) is 9.42. The molecule has 1 aliphatic heterocycles. The number of allylic oxidation sites excluding steroid dienone is 2. The summed E-state index contributed by atoms with van der Waals surface area (Å²) in [6.45, 7) is 5.80. The van der Waals surface area contributed by atoms with Gasteiger partial charge in [-0.15, -0.1) is 0 Å². The number of ketones is 1. The molecule has 0 bridgehead atoms. The fourth-order valence-corrected chi connectivity index (χ4v) is 4.82. The monoisotopic (exact) mass is 446 g/mol. The number of carbonyl (C=O) groups excluding carboxylic acids is 2. The van der Waals surface area contributed by atoms with Crippen LogP contribution in [0.15, 0.2) is 70.9 Å². The number of carbonyl (C=O) groups is 2. The molecular weight excluding hydrogens is 420 g/mol. The zero-order valence-corrected chi connectivity index (χ0v) is 18.9. The van der Waals surface area contributed by atoms with Gasteiger partial charge in [-0.25, -0.2) is 0 Å². The first-order valence-corrected chi connectivity index (χ1v) is 10.9. The van der Waals surface area contributed by atoms with Crippen LogP contribution in [-0.2, 0) is 20.9 Å². The molecule has 0 amide bonds. The minimum absolute atomic E-state index is 0.0694. The van der Waals surface area contributed by atoms with Gasteiger partial charge in [0.1, 0.15) is 12.5 Å². The van der Waals surface area contributed by atoms with Crippen molar-refractivity contribution in [3.8, 4) is 0 Å². The molecule has 7 nitrogen and oxygen atoms in total. The summed E-state index contributed by atoms with van der Waals surface area (Å²) in [5.41, 5.74) is 2.28. The van der Waals surface area contributed by atoms with Crippen LogP contribution in [0.25, 0.3) is 0 Å². The predicted octanol–water partition coefficient (Wildman–Crippen LogP) is 5.16. The Morgan fingerprint density at radius 2 is 1.79 bits per heavy atom. The summed E-state index contributed by atoms with van der Waals surface area (Å²) in [4.78, 5) is 42.7. The summed E-state index contributed by atoms with van der Waals surface area (Å²) in [7, 11) is 0. The fraction of sp³-hybridized carbons (Fsp3) is 0.346. The number of benzene rings is 2. The lowest BCUT2D eigenvalue weighted by atomic mass is 9.66. The van der Waals surface area contributed by atoms with Crippen molar-refractivity contribution >= 4 is 23.2 Å². The Bertz CT molecular complexity index is 1180. The highest BCUT2D eigenvalue weighted by molar-refractivity contribution is 6.09. The van der Waals surface area contributed by atoms with Crippen LogP contribution in [0.4, 0.5) is 5.69 Å². The average Bonchev–Trinajstić information content (AvgIpc) is 2.76. The number of nitrogens with zero attached hydrogens (tertiary/aromatic N) is 2. The summed E-state index contributed by atoms with van der Waals surface area (Å²) in [6.07, 6.45) is 0.859. The number of para-hydroxylation sites is 1. The third-order valence-corrected chi connectivity index (χ3v) is 6.25. The number of ether oxygens (including phenoxy) is 1. The third kappa shape index (κ3) is 4.49. The minimum Gasteiger partial charge on any atom is -0.460 e. The van der Waals surface area contributed by atoms with Gasteiger partial charge in [0.05, 0.1) is 4.92 Å². The summed E-state index contributed by atoms with van der Waals surface area (Å²) >= 11 is 0. The van der Waals surface area contributed by atoms with Gasteiger partial charge in [0.15, 0.2) is 5.78 Å². The Balaban J connectivity index is 1.80. The van der Waals surface area contributed by atoms with Crippen molar-refractivity contribution in [1.29, 1.82) is 0 Å². The quantitative estimate of drug-likeness (QED) is 0.359. The zero-order valence-electron chi connectivity index (χ0n) is 18.9. The molecule has 2 aliphatic rings. The van der Waals surface area contributed by atoms with Crippen LogP contribution in [0.1, 0.15) is 50.7 Å². The molecule has 0 spiro atoms. The maximum absolute atomic E-state index is 13.3. The number of aliphatic imine (C=N–C) groups is 1. The normalized spacial score (nSPS) is 21.8. The molecule has 2 aromatic carbocycles. The Labute approximate surface area is 192 Å². The largest absolute Gasteiger partial charge is 0.460 e. The van der Waals surface area contributed by atoms with E-state index in [1.54, 1.807) is 25.1 Å². The number of nitro benzene ring substituents is 1. The Hall–Kier alpha value is -3.61. The highest BCUT2D eigenvalue weighted by atomic mass is 16.6. The van der Waals surface area contributed by atoms with E-state index in [-0.39, 0.29) is 23.5 Å². The Morgan fingerprint density at radius 3 is 2.48 bits per heavy atom. The van der Waals surface area contributed by atoms with Gasteiger partial charge in [-0.05, 0) is 24.3 Å². The number of nitro groups is 1. The SMILES string of the molecule is CC1=NC2=C(C(=O)CC(C)(C)C2)[C@@H](c2ccccc2[N+](=O)[O-])C1C(=O)OCc1ccccc1. The summed E-state index contributed by atoms with van der Waals surface area (Å²) in [5, 5.41) is 11.8. The molecule has 0 saturated heterocycles. The van der Waals surface area contributed by atoms with E-state index in [1.807, 2.05) is 44.2 Å². The van der Waals surface area contributed by atoms with Crippen LogP contribution in [0.2, 0.25) is 0 Å². The molecule has 1 unspecified atom stereocenters. The van der Waals surface area contributed by atoms with Crippen LogP contribution in [-0.4, -0.2) is 22.4 Å². The van der Waals surface area contributed by atoms with Gasteiger partial charge in [-0.1, -0.05) is 62.4 Å². The maximum atomic E-state index is 13.3. The molecule has 2 atom stereocenters. The van der Waals surface area contributed by atoms with E-state index in [1.165, 1.54) is 6.07 Å². The molecule has 1 aliphatic carbocycles. The van der Waals surface area contributed by atoms with Crippen molar-refractivity contribution in [3.05, 3.63) is 87.1 Å². The number of rotatable bonds is 5. The van der Waals surface area contributed by atoms with Gasteiger partial charge in [0.25, 0.3) is 5.69 Å². The van der Waals surface area contributed by atoms with E-state index in [4.69, 9.17) is 4.74 Å². The predicted molar refractivity (Wildman–Crippen MR) is 124 cm³/mol. The highest BCUT2D eigenvalue weighted by Gasteiger charge is 2.47. The van der Waals surface area contributed by atoms with Gasteiger partial charge in [-0.2, -0.15) is 0 Å². The summed E-state index contributed by atoms with van der Waals surface area (Å²) in [6, 6.07) is 15.6.